The standard InChI is InChI=1S/C15H17F3N4O/c1-9-6-11(9)12-3-2-10(23-12)7-21-4-5-22-13(8-21)19-20-14(22)15(16,17)18/h2-3,9,11H,4-8H2,1H3/t9-,11+/m1/s1. The third-order valence-corrected chi connectivity index (χ3v) is 4.62. The first-order chi connectivity index (χ1) is 10.9. The average Bonchev–Trinajstić information content (AvgIpc) is 2.90. The molecular formula is C15H17F3N4O. The number of aromatic nitrogens is 3. The molecule has 3 heterocycles. The summed E-state index contributed by atoms with van der Waals surface area (Å²) in [6.45, 7) is 3.88. The molecule has 0 N–H and O–H groups in total. The van der Waals surface area contributed by atoms with Crippen molar-refractivity contribution in [1.29, 1.82) is 0 Å². The largest absolute Gasteiger partial charge is 0.464 e. The number of rotatable bonds is 3. The molecule has 8 heteroatoms. The van der Waals surface area contributed by atoms with E-state index in [1.807, 2.05) is 17.0 Å². The van der Waals surface area contributed by atoms with Crippen molar-refractivity contribution in [2.45, 2.75) is 45.1 Å². The zero-order valence-corrected chi connectivity index (χ0v) is 12.7. The smallest absolute Gasteiger partial charge is 0.451 e. The van der Waals surface area contributed by atoms with Gasteiger partial charge in [0.1, 0.15) is 17.3 Å². The van der Waals surface area contributed by atoms with Gasteiger partial charge in [-0.1, -0.05) is 6.92 Å². The van der Waals surface area contributed by atoms with Crippen LogP contribution in [0, 0.1) is 5.92 Å². The van der Waals surface area contributed by atoms with E-state index in [0.29, 0.717) is 37.3 Å². The van der Waals surface area contributed by atoms with E-state index in [9.17, 15) is 13.2 Å². The lowest BCUT2D eigenvalue weighted by molar-refractivity contribution is -0.148. The van der Waals surface area contributed by atoms with Crippen LogP contribution in [0.4, 0.5) is 13.2 Å². The highest BCUT2D eigenvalue weighted by atomic mass is 19.4. The molecule has 1 aliphatic heterocycles. The Labute approximate surface area is 131 Å². The lowest BCUT2D eigenvalue weighted by atomic mass is 10.3. The fourth-order valence-corrected chi connectivity index (χ4v) is 3.17. The monoisotopic (exact) mass is 326 g/mol. The molecule has 0 unspecified atom stereocenters. The van der Waals surface area contributed by atoms with Crippen LogP contribution in [-0.2, 0) is 25.8 Å². The molecule has 23 heavy (non-hydrogen) atoms. The molecule has 1 aliphatic carbocycles. The van der Waals surface area contributed by atoms with Crippen LogP contribution >= 0.6 is 0 Å². The van der Waals surface area contributed by atoms with Gasteiger partial charge >= 0.3 is 6.18 Å². The van der Waals surface area contributed by atoms with Gasteiger partial charge in [0.15, 0.2) is 0 Å². The molecule has 2 aromatic rings. The van der Waals surface area contributed by atoms with Crippen molar-refractivity contribution in [3.8, 4) is 0 Å². The molecule has 0 spiro atoms. The van der Waals surface area contributed by atoms with Gasteiger partial charge in [0.25, 0.3) is 0 Å². The molecule has 5 nitrogen and oxygen atoms in total. The molecule has 0 aromatic carbocycles. The highest BCUT2D eigenvalue weighted by molar-refractivity contribution is 5.17. The van der Waals surface area contributed by atoms with Crippen molar-refractivity contribution in [1.82, 2.24) is 19.7 Å². The van der Waals surface area contributed by atoms with Gasteiger partial charge in [0, 0.05) is 19.0 Å². The van der Waals surface area contributed by atoms with E-state index >= 15 is 0 Å². The Hall–Kier alpha value is -1.83. The van der Waals surface area contributed by atoms with Crippen LogP contribution in [0.2, 0.25) is 0 Å². The van der Waals surface area contributed by atoms with Crippen molar-refractivity contribution in [3.63, 3.8) is 0 Å². The maximum atomic E-state index is 12.8. The van der Waals surface area contributed by atoms with Crippen LogP contribution in [0.5, 0.6) is 0 Å². The number of furan rings is 1. The first-order valence-corrected chi connectivity index (χ1v) is 7.72. The Bertz CT molecular complexity index is 721. The van der Waals surface area contributed by atoms with E-state index in [-0.39, 0.29) is 6.54 Å². The second-order valence-electron chi connectivity index (χ2n) is 6.42. The topological polar surface area (TPSA) is 47.1 Å². The Balaban J connectivity index is 1.44. The van der Waals surface area contributed by atoms with Crippen molar-refractivity contribution >= 4 is 0 Å². The molecule has 0 saturated heterocycles. The zero-order chi connectivity index (χ0) is 16.2. The highest BCUT2D eigenvalue weighted by Gasteiger charge is 2.40. The minimum absolute atomic E-state index is 0.240. The molecule has 124 valence electrons. The normalized spacial score (nSPS) is 24.7. The van der Waals surface area contributed by atoms with Crippen LogP contribution in [0.1, 0.15) is 42.4 Å². The van der Waals surface area contributed by atoms with Gasteiger partial charge in [-0.25, -0.2) is 0 Å². The van der Waals surface area contributed by atoms with Gasteiger partial charge in [-0.2, -0.15) is 13.2 Å². The van der Waals surface area contributed by atoms with E-state index in [4.69, 9.17) is 4.42 Å². The van der Waals surface area contributed by atoms with E-state index in [1.54, 1.807) is 0 Å². The van der Waals surface area contributed by atoms with Crippen LogP contribution in [0.15, 0.2) is 16.5 Å². The lowest BCUT2D eigenvalue weighted by Crippen LogP contribution is -2.34. The first-order valence-electron chi connectivity index (χ1n) is 7.72. The molecule has 2 aromatic heterocycles. The summed E-state index contributed by atoms with van der Waals surface area (Å²) in [6, 6.07) is 3.97. The summed E-state index contributed by atoms with van der Waals surface area (Å²) in [4.78, 5) is 2.03. The maximum Gasteiger partial charge on any atom is 0.451 e. The number of nitrogens with zero attached hydrogens (tertiary/aromatic N) is 4. The van der Waals surface area contributed by atoms with Gasteiger partial charge in [0.05, 0.1) is 13.1 Å². The second-order valence-corrected chi connectivity index (χ2v) is 6.42. The lowest BCUT2D eigenvalue weighted by Gasteiger charge is -2.27. The van der Waals surface area contributed by atoms with E-state index < -0.39 is 12.0 Å². The predicted molar refractivity (Wildman–Crippen MR) is 74.4 cm³/mol. The summed E-state index contributed by atoms with van der Waals surface area (Å²) in [5, 5.41) is 6.98. The number of fused-ring (bicyclic) bond motifs is 1. The first kappa shape index (κ1) is 14.7. The minimum Gasteiger partial charge on any atom is -0.464 e. The van der Waals surface area contributed by atoms with Crippen LogP contribution in [0.25, 0.3) is 0 Å². The summed E-state index contributed by atoms with van der Waals surface area (Å²) < 4.78 is 45.5. The fourth-order valence-electron chi connectivity index (χ4n) is 3.17. The van der Waals surface area contributed by atoms with E-state index in [2.05, 4.69) is 17.1 Å². The summed E-state index contributed by atoms with van der Waals surface area (Å²) in [6.07, 6.45) is -3.29. The zero-order valence-electron chi connectivity index (χ0n) is 12.7. The van der Waals surface area contributed by atoms with Crippen molar-refractivity contribution in [3.05, 3.63) is 35.3 Å². The molecule has 2 aliphatic rings. The highest BCUT2D eigenvalue weighted by Crippen LogP contribution is 2.47. The fraction of sp³-hybridized carbons (Fsp3) is 0.600. The molecular weight excluding hydrogens is 309 g/mol. The average molecular weight is 326 g/mol. The van der Waals surface area contributed by atoms with Crippen LogP contribution in [0.3, 0.4) is 0 Å². The summed E-state index contributed by atoms with van der Waals surface area (Å²) in [5.74, 6) is 2.53. The van der Waals surface area contributed by atoms with Gasteiger partial charge in [-0.3, -0.25) is 4.90 Å². The molecule has 0 radical (unpaired) electrons. The Morgan fingerprint density at radius 3 is 2.74 bits per heavy atom. The number of hydrogen-bond donors (Lipinski definition) is 0. The van der Waals surface area contributed by atoms with Crippen molar-refractivity contribution < 1.29 is 17.6 Å². The minimum atomic E-state index is -4.45. The molecule has 4 rings (SSSR count). The van der Waals surface area contributed by atoms with Crippen molar-refractivity contribution in [2.24, 2.45) is 5.92 Å². The van der Waals surface area contributed by atoms with Gasteiger partial charge in [0.2, 0.25) is 5.82 Å². The van der Waals surface area contributed by atoms with Crippen LogP contribution < -0.4 is 0 Å². The van der Waals surface area contributed by atoms with Gasteiger partial charge in [-0.15, -0.1) is 10.2 Å². The van der Waals surface area contributed by atoms with Gasteiger partial charge < -0.3 is 8.98 Å². The second kappa shape index (κ2) is 5.09. The Kier molecular flexibility index (Phi) is 3.26. The quantitative estimate of drug-likeness (QED) is 0.870. The SMILES string of the molecule is C[C@@H]1C[C@@H]1c1ccc(CN2CCn3c(nnc3C(F)(F)F)C2)o1. The number of alkyl halides is 3. The summed E-state index contributed by atoms with van der Waals surface area (Å²) in [7, 11) is 0. The van der Waals surface area contributed by atoms with E-state index in [1.165, 1.54) is 6.42 Å². The van der Waals surface area contributed by atoms with Gasteiger partial charge in [-0.05, 0) is 24.5 Å². The van der Waals surface area contributed by atoms with Crippen molar-refractivity contribution in [2.75, 3.05) is 6.54 Å². The maximum absolute atomic E-state index is 12.8. The summed E-state index contributed by atoms with van der Waals surface area (Å²) in [5.41, 5.74) is 0. The van der Waals surface area contributed by atoms with Crippen LogP contribution in [-0.4, -0.2) is 26.2 Å². The number of halogens is 3. The third-order valence-electron chi connectivity index (χ3n) is 4.62. The molecule has 2 atom stereocenters. The number of hydrogen-bond acceptors (Lipinski definition) is 4. The third kappa shape index (κ3) is 2.75. The Morgan fingerprint density at radius 1 is 1.26 bits per heavy atom. The molecule has 1 saturated carbocycles. The molecule has 0 amide bonds. The Morgan fingerprint density at radius 2 is 2.04 bits per heavy atom. The molecule has 0 bridgehead atoms. The van der Waals surface area contributed by atoms with E-state index in [0.717, 1.165) is 16.1 Å². The molecule has 1 fully saturated rings. The predicted octanol–water partition coefficient (Wildman–Crippen LogP) is 3.03. The summed E-state index contributed by atoms with van der Waals surface area (Å²) >= 11 is 0.